The number of carbonyl (C=O) groups excluding carboxylic acids is 2. The molecule has 0 aromatic heterocycles. The van der Waals surface area contributed by atoms with Gasteiger partial charge in [0.05, 0.1) is 24.3 Å². The van der Waals surface area contributed by atoms with Crippen LogP contribution in [0, 0.1) is 0 Å². The number of benzene rings is 1. The normalized spacial score (nSPS) is 11.9. The van der Waals surface area contributed by atoms with Gasteiger partial charge in [0.1, 0.15) is 4.90 Å². The topological polar surface area (TPSA) is 107 Å². The van der Waals surface area contributed by atoms with E-state index in [1.54, 1.807) is 0 Å². The molecule has 0 saturated carbocycles. The van der Waals surface area contributed by atoms with Crippen LogP contribution in [0.25, 0.3) is 0 Å². The van der Waals surface area contributed by atoms with Gasteiger partial charge in [-0.05, 0) is 63.5 Å². The van der Waals surface area contributed by atoms with E-state index < -0.39 is 32.5 Å². The van der Waals surface area contributed by atoms with E-state index in [-0.39, 0.29) is 18.8 Å². The van der Waals surface area contributed by atoms with Crippen molar-refractivity contribution in [3.63, 3.8) is 0 Å². The molecule has 298 valence electrons. The standard InChI is InChI=1S/C44H74O7S/c1-3-5-7-9-11-13-15-17-19-21-23-25-27-29-31-33-38-50-43(45)40-36-35-37-41(52(47,48)49)42(40)44(46)51-39-34-32-30-28-26-24-22-20-18-16-14-12-10-8-6-4-2/h5-8,35-37H,3-4,9-34,38-39H2,1-2H3,(H,47,48,49)/b7-5+,8-6+. The predicted molar refractivity (Wildman–Crippen MR) is 216 cm³/mol. The molecule has 0 bridgehead atoms. The van der Waals surface area contributed by atoms with Crippen LogP contribution in [0.1, 0.15) is 214 Å². The monoisotopic (exact) mass is 747 g/mol. The molecule has 52 heavy (non-hydrogen) atoms. The number of unbranched alkanes of at least 4 members (excludes halogenated alkanes) is 24. The van der Waals surface area contributed by atoms with Crippen molar-refractivity contribution in [1.29, 1.82) is 0 Å². The molecule has 0 spiro atoms. The molecule has 0 fully saturated rings. The summed E-state index contributed by atoms with van der Waals surface area (Å²) in [5.74, 6) is -1.74. The Morgan fingerprint density at radius 3 is 1.23 bits per heavy atom. The van der Waals surface area contributed by atoms with Crippen LogP contribution in [0.15, 0.2) is 47.4 Å². The lowest BCUT2D eigenvalue weighted by atomic mass is 10.0. The molecular formula is C44H74O7S. The Labute approximate surface area is 318 Å². The minimum absolute atomic E-state index is 0.110. The summed E-state index contributed by atoms with van der Waals surface area (Å²) >= 11 is 0. The van der Waals surface area contributed by atoms with Crippen LogP contribution in [0.5, 0.6) is 0 Å². The van der Waals surface area contributed by atoms with Crippen LogP contribution in [-0.4, -0.2) is 38.1 Å². The van der Waals surface area contributed by atoms with Gasteiger partial charge in [-0.25, -0.2) is 9.59 Å². The maximum absolute atomic E-state index is 13.0. The van der Waals surface area contributed by atoms with E-state index in [4.69, 9.17) is 9.47 Å². The van der Waals surface area contributed by atoms with Gasteiger partial charge < -0.3 is 9.47 Å². The molecule has 0 radical (unpaired) electrons. The van der Waals surface area contributed by atoms with E-state index in [0.29, 0.717) is 12.8 Å². The molecule has 0 amide bonds. The van der Waals surface area contributed by atoms with Gasteiger partial charge in [-0.15, -0.1) is 0 Å². The Bertz CT molecular complexity index is 1200. The van der Waals surface area contributed by atoms with Crippen LogP contribution >= 0.6 is 0 Å². The number of esters is 2. The lowest BCUT2D eigenvalue weighted by Gasteiger charge is -2.13. The van der Waals surface area contributed by atoms with Crippen molar-refractivity contribution < 1.29 is 32.0 Å². The highest BCUT2D eigenvalue weighted by Crippen LogP contribution is 2.23. The Morgan fingerprint density at radius 1 is 0.519 bits per heavy atom. The number of carbonyl (C=O) groups is 2. The van der Waals surface area contributed by atoms with Crippen LogP contribution in [0.4, 0.5) is 0 Å². The molecular weight excluding hydrogens is 673 g/mol. The van der Waals surface area contributed by atoms with Gasteiger partial charge in [-0.1, -0.05) is 173 Å². The van der Waals surface area contributed by atoms with Crippen molar-refractivity contribution in [2.24, 2.45) is 0 Å². The molecule has 8 heteroatoms. The van der Waals surface area contributed by atoms with Crippen molar-refractivity contribution in [3.8, 4) is 0 Å². The third kappa shape index (κ3) is 25.5. The summed E-state index contributed by atoms with van der Waals surface area (Å²) in [4.78, 5) is 25.3. The van der Waals surface area contributed by atoms with Crippen molar-refractivity contribution in [1.82, 2.24) is 0 Å². The molecule has 1 aromatic carbocycles. The Kier molecular flexibility index (Phi) is 30.3. The third-order valence-corrected chi connectivity index (χ3v) is 10.4. The zero-order valence-electron chi connectivity index (χ0n) is 33.1. The summed E-state index contributed by atoms with van der Waals surface area (Å²) in [6.07, 6.45) is 42.0. The fourth-order valence-corrected chi connectivity index (χ4v) is 7.14. The first-order chi connectivity index (χ1) is 25.3. The second-order valence-electron chi connectivity index (χ2n) is 14.2. The highest BCUT2D eigenvalue weighted by molar-refractivity contribution is 7.86. The molecule has 0 heterocycles. The smallest absolute Gasteiger partial charge is 0.340 e. The van der Waals surface area contributed by atoms with Crippen LogP contribution < -0.4 is 0 Å². The first-order valence-electron chi connectivity index (χ1n) is 21.1. The Morgan fingerprint density at radius 2 is 0.865 bits per heavy atom. The van der Waals surface area contributed by atoms with Crippen molar-refractivity contribution >= 4 is 22.1 Å². The van der Waals surface area contributed by atoms with Crippen LogP contribution in [0.2, 0.25) is 0 Å². The zero-order valence-corrected chi connectivity index (χ0v) is 33.9. The number of hydrogen-bond acceptors (Lipinski definition) is 6. The Balaban J connectivity index is 2.25. The van der Waals surface area contributed by atoms with E-state index in [1.165, 1.54) is 128 Å². The summed E-state index contributed by atoms with van der Waals surface area (Å²) in [5.41, 5.74) is -0.676. The van der Waals surface area contributed by atoms with Crippen molar-refractivity contribution in [2.45, 2.75) is 199 Å². The summed E-state index contributed by atoms with van der Waals surface area (Å²) in [5, 5.41) is 0. The molecule has 1 aromatic rings. The Hall–Kier alpha value is -2.45. The lowest BCUT2D eigenvalue weighted by Crippen LogP contribution is -2.19. The number of allylic oxidation sites excluding steroid dienone is 4. The van der Waals surface area contributed by atoms with E-state index in [9.17, 15) is 22.6 Å². The molecule has 0 saturated heterocycles. The minimum Gasteiger partial charge on any atom is -0.462 e. The summed E-state index contributed by atoms with van der Waals surface area (Å²) in [6, 6.07) is 3.75. The highest BCUT2D eigenvalue weighted by Gasteiger charge is 2.28. The SMILES string of the molecule is CC/C=C/CCCCCCCCCCCCCCOC(=O)c1cccc(S(=O)(=O)O)c1C(=O)OCCCCCCCCCCCCCC/C=C/CC. The maximum Gasteiger partial charge on any atom is 0.340 e. The minimum atomic E-state index is -4.76. The molecule has 7 nitrogen and oxygen atoms in total. The highest BCUT2D eigenvalue weighted by atomic mass is 32.2. The summed E-state index contributed by atoms with van der Waals surface area (Å²) < 4.78 is 44.8. The molecule has 0 aliphatic heterocycles. The maximum atomic E-state index is 13.0. The molecule has 0 atom stereocenters. The molecule has 1 rings (SSSR count). The zero-order chi connectivity index (χ0) is 38.0. The van der Waals surface area contributed by atoms with E-state index in [2.05, 4.69) is 38.2 Å². The molecule has 0 unspecified atom stereocenters. The van der Waals surface area contributed by atoms with Gasteiger partial charge in [-0.2, -0.15) is 8.42 Å². The van der Waals surface area contributed by atoms with E-state index >= 15 is 0 Å². The van der Waals surface area contributed by atoms with Gasteiger partial charge in [0.2, 0.25) is 0 Å². The number of ether oxygens (including phenoxy) is 2. The van der Waals surface area contributed by atoms with Crippen molar-refractivity contribution in [2.75, 3.05) is 13.2 Å². The van der Waals surface area contributed by atoms with Crippen molar-refractivity contribution in [3.05, 3.63) is 53.6 Å². The third-order valence-electron chi connectivity index (χ3n) is 9.53. The number of hydrogen-bond donors (Lipinski definition) is 1. The summed E-state index contributed by atoms with van der Waals surface area (Å²) in [7, 11) is -4.76. The van der Waals surface area contributed by atoms with Crippen LogP contribution in [0.3, 0.4) is 0 Å². The fraction of sp³-hybridized carbons (Fsp3) is 0.727. The summed E-state index contributed by atoms with van der Waals surface area (Å²) in [6.45, 7) is 4.63. The van der Waals surface area contributed by atoms with Gasteiger partial charge in [0.15, 0.2) is 0 Å². The molecule has 0 aliphatic rings. The predicted octanol–water partition coefficient (Wildman–Crippen LogP) is 13.3. The quantitative estimate of drug-likeness (QED) is 0.0319. The fourth-order valence-electron chi connectivity index (χ4n) is 6.44. The van der Waals surface area contributed by atoms with Gasteiger partial charge in [-0.3, -0.25) is 4.55 Å². The van der Waals surface area contributed by atoms with E-state index in [1.807, 2.05) is 0 Å². The first-order valence-corrected chi connectivity index (χ1v) is 22.5. The van der Waals surface area contributed by atoms with Gasteiger partial charge in [0.25, 0.3) is 10.1 Å². The van der Waals surface area contributed by atoms with E-state index in [0.717, 1.165) is 57.4 Å². The average Bonchev–Trinajstić information content (AvgIpc) is 3.13. The first kappa shape index (κ1) is 47.6. The average molecular weight is 747 g/mol. The second-order valence-corrected chi connectivity index (χ2v) is 15.6. The largest absolute Gasteiger partial charge is 0.462 e. The van der Waals surface area contributed by atoms with Crippen LogP contribution in [-0.2, 0) is 19.6 Å². The van der Waals surface area contributed by atoms with Gasteiger partial charge >= 0.3 is 11.9 Å². The molecule has 0 aliphatic carbocycles. The van der Waals surface area contributed by atoms with Gasteiger partial charge in [0, 0.05) is 0 Å². The molecule has 1 N–H and O–H groups in total. The second kappa shape index (κ2) is 33.1. The number of rotatable bonds is 35. The lowest BCUT2D eigenvalue weighted by molar-refractivity contribution is 0.0446.